The van der Waals surface area contributed by atoms with E-state index in [1.165, 1.54) is 12.1 Å². The Bertz CT molecular complexity index is 960. The molecular weight excluding hydrogens is 443 g/mol. The Morgan fingerprint density at radius 2 is 1.90 bits per heavy atom. The minimum absolute atomic E-state index is 0.00581. The average Bonchev–Trinajstić information content (AvgIpc) is 3.10. The number of nitrogens with one attached hydrogen (secondary N) is 1. The molecule has 1 aromatic heterocycles. The highest BCUT2D eigenvalue weighted by molar-refractivity contribution is 7.18. The number of hydrogen-bond acceptors (Lipinski definition) is 7. The maximum Gasteiger partial charge on any atom is 0.329 e. The molecule has 1 amide bonds. The second kappa shape index (κ2) is 9.82. The number of hydrogen-bond donors (Lipinski definition) is 1. The molecule has 0 spiro atoms. The van der Waals surface area contributed by atoms with Gasteiger partial charge in [0.05, 0.1) is 24.7 Å². The number of carbonyl (C=O) groups is 3. The number of rotatable bonds is 8. The number of ketones is 1. The first-order valence-corrected chi connectivity index (χ1v) is 9.87. The third-order valence-corrected chi connectivity index (χ3v) is 5.41. The molecule has 0 saturated carbocycles. The topological polar surface area (TPSA) is 116 Å². The van der Waals surface area contributed by atoms with E-state index in [1.807, 2.05) is 0 Å². The van der Waals surface area contributed by atoms with Gasteiger partial charge in [0.1, 0.15) is 6.04 Å². The molecule has 2 rings (SSSR count). The minimum Gasteiger partial charge on any atom is -0.456 e. The second-order valence-electron chi connectivity index (χ2n) is 6.25. The van der Waals surface area contributed by atoms with Gasteiger partial charge in [0.25, 0.3) is 11.6 Å². The number of thiophene rings is 1. The largest absolute Gasteiger partial charge is 0.456 e. The van der Waals surface area contributed by atoms with Crippen molar-refractivity contribution in [3.8, 4) is 0 Å². The van der Waals surface area contributed by atoms with Gasteiger partial charge in [-0.25, -0.2) is 4.79 Å². The summed E-state index contributed by atoms with van der Waals surface area (Å²) in [5.41, 5.74) is -0.466. The molecule has 1 unspecified atom stereocenters. The van der Waals surface area contributed by atoms with E-state index in [4.69, 9.17) is 27.9 Å². The summed E-state index contributed by atoms with van der Waals surface area (Å²) in [7, 11) is 0. The fourth-order valence-corrected chi connectivity index (χ4v) is 3.45. The molecule has 1 atom stereocenters. The van der Waals surface area contributed by atoms with Crippen LogP contribution in [0.3, 0.4) is 0 Å². The number of nitro groups is 1. The molecule has 0 fully saturated rings. The first-order valence-electron chi connectivity index (χ1n) is 8.30. The van der Waals surface area contributed by atoms with Gasteiger partial charge in [-0.2, -0.15) is 0 Å². The summed E-state index contributed by atoms with van der Waals surface area (Å²) in [5, 5.41) is 13.4. The number of nitrogens with zero attached hydrogens (tertiary/aromatic N) is 1. The van der Waals surface area contributed by atoms with Gasteiger partial charge < -0.3 is 10.1 Å². The molecule has 0 radical (unpaired) electrons. The minimum atomic E-state index is -1.09. The third kappa shape index (κ3) is 5.99. The van der Waals surface area contributed by atoms with Crippen molar-refractivity contribution in [2.24, 2.45) is 5.92 Å². The van der Waals surface area contributed by atoms with Crippen LogP contribution in [0.15, 0.2) is 30.3 Å². The summed E-state index contributed by atoms with van der Waals surface area (Å²) < 4.78 is 5.47. The number of ether oxygens (including phenoxy) is 1. The SMILES string of the molecule is CC(C)C(NC(=O)c1cc([N+](=O)[O-])ccc1Cl)C(=O)OCC(=O)c1ccc(Cl)s1. The van der Waals surface area contributed by atoms with E-state index in [9.17, 15) is 24.5 Å². The van der Waals surface area contributed by atoms with Crippen LogP contribution in [0.25, 0.3) is 0 Å². The van der Waals surface area contributed by atoms with E-state index in [-0.39, 0.29) is 22.2 Å². The summed E-state index contributed by atoms with van der Waals surface area (Å²) in [6.07, 6.45) is 0. The molecule has 8 nitrogen and oxygen atoms in total. The normalized spacial score (nSPS) is 11.8. The summed E-state index contributed by atoms with van der Waals surface area (Å²) in [6.45, 7) is 2.83. The molecule has 2 aromatic rings. The van der Waals surface area contributed by atoms with Crippen molar-refractivity contribution < 1.29 is 24.0 Å². The quantitative estimate of drug-likeness (QED) is 0.275. The number of esters is 1. The second-order valence-corrected chi connectivity index (χ2v) is 8.37. The number of nitro benzene ring substituents is 1. The Morgan fingerprint density at radius 3 is 2.45 bits per heavy atom. The van der Waals surface area contributed by atoms with Crippen molar-refractivity contribution in [3.63, 3.8) is 0 Å². The highest BCUT2D eigenvalue weighted by Crippen LogP contribution is 2.23. The van der Waals surface area contributed by atoms with Gasteiger partial charge in [-0.15, -0.1) is 11.3 Å². The lowest BCUT2D eigenvalue weighted by molar-refractivity contribution is -0.384. The number of Topliss-reactive ketones (excluding diaryl/α,β-unsaturated/α-hetero) is 1. The zero-order valence-electron chi connectivity index (χ0n) is 15.3. The van der Waals surface area contributed by atoms with Crippen molar-refractivity contribution in [2.45, 2.75) is 19.9 Å². The van der Waals surface area contributed by atoms with Crippen LogP contribution in [0, 0.1) is 16.0 Å². The predicted molar refractivity (Wildman–Crippen MR) is 109 cm³/mol. The van der Waals surface area contributed by atoms with Gasteiger partial charge in [0.2, 0.25) is 5.78 Å². The molecule has 11 heteroatoms. The Balaban J connectivity index is 2.08. The fourth-order valence-electron chi connectivity index (χ4n) is 2.28. The van der Waals surface area contributed by atoms with Crippen LogP contribution in [0.2, 0.25) is 9.36 Å². The number of benzene rings is 1. The van der Waals surface area contributed by atoms with Crippen LogP contribution in [0.1, 0.15) is 33.9 Å². The van der Waals surface area contributed by atoms with E-state index in [1.54, 1.807) is 19.9 Å². The summed E-state index contributed by atoms with van der Waals surface area (Å²) in [5.74, 6) is -2.39. The van der Waals surface area contributed by atoms with Crippen LogP contribution < -0.4 is 5.32 Å². The number of halogens is 2. The van der Waals surface area contributed by atoms with Crippen LogP contribution in [0.5, 0.6) is 0 Å². The monoisotopic (exact) mass is 458 g/mol. The molecule has 29 heavy (non-hydrogen) atoms. The molecule has 1 aromatic carbocycles. The van der Waals surface area contributed by atoms with Crippen molar-refractivity contribution in [1.29, 1.82) is 0 Å². The highest BCUT2D eigenvalue weighted by Gasteiger charge is 2.28. The average molecular weight is 459 g/mol. The number of amides is 1. The van der Waals surface area contributed by atoms with Gasteiger partial charge in [-0.1, -0.05) is 37.0 Å². The Morgan fingerprint density at radius 1 is 1.21 bits per heavy atom. The third-order valence-electron chi connectivity index (χ3n) is 3.81. The lowest BCUT2D eigenvalue weighted by atomic mass is 10.0. The van der Waals surface area contributed by atoms with E-state index in [0.29, 0.717) is 9.21 Å². The number of carbonyl (C=O) groups excluding carboxylic acids is 3. The molecule has 0 aliphatic carbocycles. The zero-order valence-corrected chi connectivity index (χ0v) is 17.6. The molecule has 154 valence electrons. The standard InChI is InChI=1S/C18H16Cl2N2O6S/c1-9(2)16(18(25)28-8-13(23)14-5-6-15(20)29-14)21-17(24)11-7-10(22(26)27)3-4-12(11)19/h3-7,9,16H,8H2,1-2H3,(H,21,24). The number of non-ortho nitro benzene ring substituents is 1. The van der Waals surface area contributed by atoms with E-state index < -0.39 is 35.2 Å². The smallest absolute Gasteiger partial charge is 0.329 e. The molecular formula is C18H16Cl2N2O6S. The lowest BCUT2D eigenvalue weighted by Crippen LogP contribution is -2.45. The van der Waals surface area contributed by atoms with Crippen LogP contribution in [0.4, 0.5) is 5.69 Å². The van der Waals surface area contributed by atoms with E-state index in [2.05, 4.69) is 5.32 Å². The van der Waals surface area contributed by atoms with Crippen LogP contribution >= 0.6 is 34.5 Å². The van der Waals surface area contributed by atoms with Crippen LogP contribution in [-0.4, -0.2) is 35.2 Å². The maximum absolute atomic E-state index is 12.5. The van der Waals surface area contributed by atoms with Gasteiger partial charge in [0.15, 0.2) is 6.61 Å². The predicted octanol–water partition coefficient (Wildman–Crippen LogP) is 4.14. The fraction of sp³-hybridized carbons (Fsp3) is 0.278. The molecule has 0 bridgehead atoms. The Labute approximate surface area is 179 Å². The van der Waals surface area contributed by atoms with Crippen molar-refractivity contribution >= 4 is 57.9 Å². The molecule has 0 aliphatic heterocycles. The van der Waals surface area contributed by atoms with Crippen molar-refractivity contribution in [2.75, 3.05) is 6.61 Å². The van der Waals surface area contributed by atoms with Gasteiger partial charge in [-0.05, 0) is 24.1 Å². The van der Waals surface area contributed by atoms with Gasteiger partial charge in [0, 0.05) is 12.1 Å². The zero-order chi connectivity index (χ0) is 21.7. The summed E-state index contributed by atoms with van der Waals surface area (Å²) >= 11 is 12.8. The highest BCUT2D eigenvalue weighted by atomic mass is 35.5. The first-order chi connectivity index (χ1) is 13.6. The van der Waals surface area contributed by atoms with Crippen molar-refractivity contribution in [1.82, 2.24) is 5.32 Å². The lowest BCUT2D eigenvalue weighted by Gasteiger charge is -2.21. The summed E-state index contributed by atoms with van der Waals surface area (Å²) in [6, 6.07) is 5.40. The Kier molecular flexibility index (Phi) is 7.72. The van der Waals surface area contributed by atoms with Gasteiger partial charge in [-0.3, -0.25) is 19.7 Å². The van der Waals surface area contributed by atoms with E-state index >= 15 is 0 Å². The first kappa shape index (κ1) is 22.8. The molecule has 1 heterocycles. The van der Waals surface area contributed by atoms with Gasteiger partial charge >= 0.3 is 5.97 Å². The van der Waals surface area contributed by atoms with Crippen molar-refractivity contribution in [3.05, 3.63) is 60.2 Å². The molecule has 0 saturated heterocycles. The van der Waals surface area contributed by atoms with Crippen LogP contribution in [-0.2, 0) is 9.53 Å². The molecule has 0 aliphatic rings. The Hall–Kier alpha value is -2.49. The summed E-state index contributed by atoms with van der Waals surface area (Å²) in [4.78, 5) is 47.6. The maximum atomic E-state index is 12.5. The molecule has 1 N–H and O–H groups in total. The van der Waals surface area contributed by atoms with E-state index in [0.717, 1.165) is 23.5 Å².